The number of carbonyl (C=O) groups is 4. The first kappa shape index (κ1) is 79.0. The molecule has 146 valence electrons. The molecule has 27 heavy (non-hydrogen) atoms. The van der Waals surface area contributed by atoms with Gasteiger partial charge in [0, 0.05) is 37.0 Å². The van der Waals surface area contributed by atoms with Crippen LogP contribution in [0.5, 0.6) is 0 Å². The summed E-state index contributed by atoms with van der Waals surface area (Å²) in [6, 6.07) is 0. The van der Waals surface area contributed by atoms with E-state index in [0.717, 1.165) is 27.7 Å². The van der Waals surface area contributed by atoms with Crippen LogP contribution < -0.4 is 150 Å². The van der Waals surface area contributed by atoms with E-state index in [1.54, 1.807) is 0 Å². The topological polar surface area (TPSA) is 307 Å². The predicted octanol–water partition coefficient (Wildman–Crippen LogP) is -20.5. The Morgan fingerprint density at radius 3 is 0.556 bits per heavy atom. The van der Waals surface area contributed by atoms with Gasteiger partial charge in [0.2, 0.25) is 0 Å². The van der Waals surface area contributed by atoms with Crippen molar-refractivity contribution in [3.05, 3.63) is 0 Å². The minimum atomic E-state index is -1.08. The Morgan fingerprint density at radius 1 is 0.519 bits per heavy atom. The van der Waals surface area contributed by atoms with Crippen molar-refractivity contribution in [1.29, 1.82) is 0 Å². The van der Waals surface area contributed by atoms with E-state index in [-0.39, 0.29) is 135 Å². The van der Waals surface area contributed by atoms with Gasteiger partial charge in [0.1, 0.15) is 0 Å². The first-order valence-electron chi connectivity index (χ1n) is 4.95. The molecule has 0 saturated heterocycles. The number of nitrogens with two attached hydrogens (primary N) is 2. The Balaban J connectivity index is -0.00000000978. The number of hydrogen-bond donors (Lipinski definition) is 2. The molecular formula is C10H26N2Na4O11. The summed E-state index contributed by atoms with van der Waals surface area (Å²) in [6.07, 6.45) is 0. The predicted molar refractivity (Wildman–Crippen MR) is 71.7 cm³/mol. The zero-order valence-corrected chi connectivity index (χ0v) is 25.3. The molecule has 0 aromatic heterocycles. The van der Waals surface area contributed by atoms with Gasteiger partial charge in [-0.05, 0) is 27.7 Å². The van der Waals surface area contributed by atoms with Crippen molar-refractivity contribution in [3.63, 3.8) is 0 Å². The van der Waals surface area contributed by atoms with Crippen LogP contribution in [0.15, 0.2) is 0 Å². The fraction of sp³-hybridized carbons (Fsp3) is 0.600. The normalized spacial score (nSPS) is 4.81. The molecule has 0 saturated carbocycles. The van der Waals surface area contributed by atoms with E-state index in [2.05, 4.69) is 0 Å². The molecule has 0 amide bonds. The number of aliphatic carboxylic acids is 4. The first-order valence-corrected chi connectivity index (χ1v) is 4.95. The Hall–Kier alpha value is 1.68. The van der Waals surface area contributed by atoms with Crippen molar-refractivity contribution >= 4 is 23.9 Å². The summed E-state index contributed by atoms with van der Waals surface area (Å²) in [4.78, 5) is 35.6. The van der Waals surface area contributed by atoms with E-state index in [1.807, 2.05) is 0 Å². The fourth-order valence-corrected chi connectivity index (χ4v) is 0. The van der Waals surface area contributed by atoms with Crippen molar-refractivity contribution in [3.8, 4) is 0 Å². The van der Waals surface area contributed by atoms with E-state index in [4.69, 9.17) is 51.1 Å². The van der Waals surface area contributed by atoms with Gasteiger partial charge in [0.15, 0.2) is 0 Å². The second kappa shape index (κ2) is 80.1. The van der Waals surface area contributed by atoms with Crippen LogP contribution >= 0.6 is 0 Å². The van der Waals surface area contributed by atoms with Gasteiger partial charge in [-0.15, -0.1) is 0 Å². The van der Waals surface area contributed by atoms with Crippen LogP contribution in [0.2, 0.25) is 0 Å². The van der Waals surface area contributed by atoms with Crippen LogP contribution in [0.1, 0.15) is 27.7 Å². The molecule has 0 aliphatic carbocycles. The van der Waals surface area contributed by atoms with E-state index in [0.29, 0.717) is 13.1 Å². The summed E-state index contributed by atoms with van der Waals surface area (Å²) in [5.41, 5.74) is 9.81. The molecule has 0 radical (unpaired) electrons. The Morgan fingerprint density at radius 2 is 0.556 bits per heavy atom. The van der Waals surface area contributed by atoms with Crippen LogP contribution in [0.25, 0.3) is 0 Å². The molecule has 0 rings (SSSR count). The molecule has 0 aromatic rings. The average Bonchev–Trinajstić information content (AvgIpc) is 2.13. The largest absolute Gasteiger partial charge is 1.00 e. The summed E-state index contributed by atoms with van der Waals surface area (Å²) in [5, 5.41) is 35.6. The quantitative estimate of drug-likeness (QED) is 0.361. The Labute approximate surface area is 247 Å². The van der Waals surface area contributed by atoms with Gasteiger partial charge < -0.3 is 67.5 Å². The molecule has 0 aromatic carbocycles. The molecule has 0 aliphatic heterocycles. The molecule has 0 bridgehead atoms. The molecule has 0 aliphatic rings. The van der Waals surface area contributed by atoms with Crippen molar-refractivity contribution in [2.75, 3.05) is 13.1 Å². The monoisotopic (exact) mass is 442 g/mol. The maximum atomic E-state index is 8.89. The van der Waals surface area contributed by atoms with Gasteiger partial charge in [-0.2, -0.15) is 0 Å². The van der Waals surface area contributed by atoms with E-state index in [1.165, 1.54) is 0 Å². The van der Waals surface area contributed by atoms with Crippen LogP contribution in [0.4, 0.5) is 0 Å². The van der Waals surface area contributed by atoms with E-state index >= 15 is 0 Å². The van der Waals surface area contributed by atoms with Crippen LogP contribution in [-0.4, -0.2) is 53.4 Å². The first-order chi connectivity index (χ1) is 8.84. The summed E-state index contributed by atoms with van der Waals surface area (Å²) < 4.78 is 0. The van der Waals surface area contributed by atoms with Crippen molar-refractivity contribution in [1.82, 2.24) is 0 Å². The molecule has 0 fully saturated rings. The summed E-state index contributed by atoms with van der Waals surface area (Å²) in [7, 11) is 0. The molecule has 0 heterocycles. The molecule has 10 N–H and O–H groups in total. The van der Waals surface area contributed by atoms with Crippen LogP contribution in [-0.2, 0) is 19.2 Å². The molecule has 13 nitrogen and oxygen atoms in total. The second-order valence-electron chi connectivity index (χ2n) is 2.54. The number of carboxylic acid groups (broad SMARTS) is 4. The molecule has 17 heteroatoms. The van der Waals surface area contributed by atoms with Gasteiger partial charge in [0.05, 0.1) is 0 Å². The average molecular weight is 442 g/mol. The third-order valence-corrected chi connectivity index (χ3v) is 0.167. The molecule has 0 unspecified atom stereocenters. The number of rotatable bonds is 1. The number of hydrogen-bond acceptors (Lipinski definition) is 10. The fourth-order valence-electron chi connectivity index (χ4n) is 0. The second-order valence-corrected chi connectivity index (χ2v) is 2.54. The van der Waals surface area contributed by atoms with Gasteiger partial charge >= 0.3 is 118 Å². The van der Waals surface area contributed by atoms with Gasteiger partial charge in [-0.3, -0.25) is 0 Å². The van der Waals surface area contributed by atoms with Crippen LogP contribution in [0.3, 0.4) is 0 Å². The third-order valence-electron chi connectivity index (χ3n) is 0.167. The minimum absolute atomic E-state index is 0. The smallest absolute Gasteiger partial charge is 0.550 e. The zero-order valence-electron chi connectivity index (χ0n) is 17.3. The zero-order chi connectivity index (χ0) is 17.7. The third kappa shape index (κ3) is 2540. The molecule has 0 atom stereocenters. The van der Waals surface area contributed by atoms with Gasteiger partial charge in [-0.1, -0.05) is 0 Å². The maximum Gasteiger partial charge on any atom is 1.00 e. The van der Waals surface area contributed by atoms with Crippen molar-refractivity contribution in [2.24, 2.45) is 11.5 Å². The summed E-state index contributed by atoms with van der Waals surface area (Å²) in [5.74, 6) is -4.33. The summed E-state index contributed by atoms with van der Waals surface area (Å²) in [6.45, 7) is 5.08. The minimum Gasteiger partial charge on any atom is -0.550 e. The van der Waals surface area contributed by atoms with Gasteiger partial charge in [-0.25, -0.2) is 0 Å². The van der Waals surface area contributed by atoms with E-state index in [9.17, 15) is 0 Å². The SMILES string of the molecule is CC(=O)[O-].CC(=O)[O-].CC(=O)[O-].CC(=O)[O-].NCCN.O.O.O.[Na+].[Na+].[Na+].[Na+]. The molecule has 0 spiro atoms. The Kier molecular flexibility index (Phi) is 234. The summed E-state index contributed by atoms with van der Waals surface area (Å²) >= 11 is 0. The number of carboxylic acids is 4. The Bertz CT molecular complexity index is 210. The standard InChI is InChI=1S/C2H8N2.4C2H4O2.4Na.3H2O/c3-1-2-4;4*1-2(3)4;;;;;;;/h1-4H2;4*1H3,(H,3,4);;;;;3*1H2/q;;;;;4*+1;;;/p-4. The van der Waals surface area contributed by atoms with Crippen molar-refractivity contribution in [2.45, 2.75) is 27.7 Å². The van der Waals surface area contributed by atoms with Crippen molar-refractivity contribution < 1.29 is 174 Å². The number of carbonyl (C=O) groups excluding carboxylic acids is 4. The van der Waals surface area contributed by atoms with E-state index < -0.39 is 23.9 Å². The van der Waals surface area contributed by atoms with Gasteiger partial charge in [0.25, 0.3) is 0 Å². The molecular weight excluding hydrogens is 416 g/mol. The maximum absolute atomic E-state index is 8.89. The van der Waals surface area contributed by atoms with Crippen LogP contribution in [0, 0.1) is 0 Å².